The first-order valence-corrected chi connectivity index (χ1v) is 4.98. The molecule has 1 heterocycles. The highest BCUT2D eigenvalue weighted by Crippen LogP contribution is 2.27. The highest BCUT2D eigenvalue weighted by Gasteiger charge is 2.31. The smallest absolute Gasteiger partial charge is 0.0163 e. The number of hydrogen-bond donors (Lipinski definition) is 1. The Kier molecular flexibility index (Phi) is 3.13. The number of nitrogens with one attached hydrogen (secondary N) is 1. The molecular weight excluding hydrogens is 148 g/mol. The summed E-state index contributed by atoms with van der Waals surface area (Å²) in [5.41, 5.74) is 0.436. The van der Waals surface area contributed by atoms with Crippen molar-refractivity contribution in [2.24, 2.45) is 0 Å². The molecular formula is C10H22N2. The van der Waals surface area contributed by atoms with Crippen LogP contribution in [0.3, 0.4) is 0 Å². The summed E-state index contributed by atoms with van der Waals surface area (Å²) >= 11 is 0. The first-order chi connectivity index (χ1) is 5.56. The van der Waals surface area contributed by atoms with Gasteiger partial charge in [0.05, 0.1) is 0 Å². The van der Waals surface area contributed by atoms with Crippen molar-refractivity contribution >= 4 is 0 Å². The lowest BCUT2D eigenvalue weighted by Crippen LogP contribution is -2.45. The molecule has 0 radical (unpaired) electrons. The second kappa shape index (κ2) is 3.75. The molecule has 0 spiro atoms. The van der Waals surface area contributed by atoms with Gasteiger partial charge in [-0.25, -0.2) is 0 Å². The van der Waals surface area contributed by atoms with Gasteiger partial charge < -0.3 is 5.32 Å². The molecule has 1 saturated heterocycles. The van der Waals surface area contributed by atoms with Crippen molar-refractivity contribution in [3.05, 3.63) is 0 Å². The summed E-state index contributed by atoms with van der Waals surface area (Å²) in [6.45, 7) is 9.40. The van der Waals surface area contributed by atoms with Crippen LogP contribution in [0.15, 0.2) is 0 Å². The molecule has 0 aromatic heterocycles. The predicted octanol–water partition coefficient (Wildman–Crippen LogP) is 1.47. The van der Waals surface area contributed by atoms with E-state index in [1.54, 1.807) is 0 Å². The molecule has 1 aliphatic heterocycles. The molecule has 1 fully saturated rings. The van der Waals surface area contributed by atoms with Gasteiger partial charge in [0, 0.05) is 18.1 Å². The third-order valence-corrected chi connectivity index (χ3v) is 3.06. The maximum atomic E-state index is 3.29. The Morgan fingerprint density at radius 1 is 1.50 bits per heavy atom. The van der Waals surface area contributed by atoms with E-state index in [0.717, 1.165) is 0 Å². The summed E-state index contributed by atoms with van der Waals surface area (Å²) in [7, 11) is 2.04. The predicted molar refractivity (Wildman–Crippen MR) is 53.4 cm³/mol. The van der Waals surface area contributed by atoms with Crippen molar-refractivity contribution in [3.8, 4) is 0 Å². The van der Waals surface area contributed by atoms with Gasteiger partial charge >= 0.3 is 0 Å². The number of rotatable bonds is 3. The normalized spacial score (nSPS) is 26.0. The van der Waals surface area contributed by atoms with Gasteiger partial charge in [-0.1, -0.05) is 0 Å². The van der Waals surface area contributed by atoms with Gasteiger partial charge in [-0.3, -0.25) is 4.90 Å². The molecule has 0 aliphatic carbocycles. The van der Waals surface area contributed by atoms with Crippen LogP contribution < -0.4 is 5.32 Å². The van der Waals surface area contributed by atoms with Crippen LogP contribution in [-0.2, 0) is 0 Å². The lowest BCUT2D eigenvalue weighted by atomic mass is 10.0. The molecule has 1 atom stereocenters. The minimum atomic E-state index is 0.436. The summed E-state index contributed by atoms with van der Waals surface area (Å²) in [5, 5.41) is 3.29. The zero-order chi connectivity index (χ0) is 9.19. The van der Waals surface area contributed by atoms with E-state index in [1.165, 1.54) is 25.9 Å². The molecule has 0 amide bonds. The second-order valence-corrected chi connectivity index (χ2v) is 4.55. The van der Waals surface area contributed by atoms with Crippen LogP contribution in [0.4, 0.5) is 0 Å². The van der Waals surface area contributed by atoms with Gasteiger partial charge in [-0.2, -0.15) is 0 Å². The van der Waals surface area contributed by atoms with E-state index >= 15 is 0 Å². The third kappa shape index (κ3) is 2.20. The molecule has 1 aliphatic rings. The van der Waals surface area contributed by atoms with Crippen LogP contribution in [0.1, 0.15) is 33.6 Å². The Morgan fingerprint density at radius 2 is 2.17 bits per heavy atom. The first-order valence-electron chi connectivity index (χ1n) is 4.98. The quantitative estimate of drug-likeness (QED) is 0.690. The number of nitrogens with zero attached hydrogens (tertiary/aromatic N) is 1. The van der Waals surface area contributed by atoms with Crippen molar-refractivity contribution in [1.82, 2.24) is 10.2 Å². The van der Waals surface area contributed by atoms with E-state index in [0.29, 0.717) is 11.6 Å². The first kappa shape index (κ1) is 10.0. The highest BCUT2D eigenvalue weighted by molar-refractivity contribution is 4.89. The zero-order valence-corrected chi connectivity index (χ0v) is 8.85. The summed E-state index contributed by atoms with van der Waals surface area (Å²) < 4.78 is 0. The van der Waals surface area contributed by atoms with Gasteiger partial charge in [0.2, 0.25) is 0 Å². The van der Waals surface area contributed by atoms with Crippen LogP contribution >= 0.6 is 0 Å². The number of likely N-dealkylation sites (N-methyl/N-ethyl adjacent to an activating group) is 1. The largest absolute Gasteiger partial charge is 0.316 e. The zero-order valence-electron chi connectivity index (χ0n) is 8.85. The maximum Gasteiger partial charge on any atom is 0.0163 e. The van der Waals surface area contributed by atoms with Crippen molar-refractivity contribution < 1.29 is 0 Å². The average molecular weight is 170 g/mol. The fraction of sp³-hybridized carbons (Fsp3) is 1.00. The molecule has 0 aromatic rings. The SMILES string of the molecule is CNC(C)CN1CCCC1(C)C. The van der Waals surface area contributed by atoms with E-state index in [4.69, 9.17) is 0 Å². The van der Waals surface area contributed by atoms with Crippen LogP contribution in [0.2, 0.25) is 0 Å². The minimum Gasteiger partial charge on any atom is -0.316 e. The van der Waals surface area contributed by atoms with Gasteiger partial charge in [0.15, 0.2) is 0 Å². The minimum absolute atomic E-state index is 0.436. The Labute approximate surface area is 76.3 Å². The van der Waals surface area contributed by atoms with Gasteiger partial charge in [-0.15, -0.1) is 0 Å². The van der Waals surface area contributed by atoms with Crippen LogP contribution in [0, 0.1) is 0 Å². The summed E-state index contributed by atoms with van der Waals surface area (Å²) in [6, 6.07) is 0.613. The maximum absolute atomic E-state index is 3.29. The Hall–Kier alpha value is -0.0800. The molecule has 2 heteroatoms. The highest BCUT2D eigenvalue weighted by atomic mass is 15.2. The molecule has 1 N–H and O–H groups in total. The number of likely N-dealkylation sites (tertiary alicyclic amines) is 1. The molecule has 0 bridgehead atoms. The van der Waals surface area contributed by atoms with Crippen LogP contribution in [0.25, 0.3) is 0 Å². The summed E-state index contributed by atoms with van der Waals surface area (Å²) in [6.07, 6.45) is 2.72. The molecule has 0 saturated carbocycles. The molecule has 1 rings (SSSR count). The van der Waals surface area contributed by atoms with Crippen molar-refractivity contribution in [2.75, 3.05) is 20.1 Å². The van der Waals surface area contributed by atoms with Crippen molar-refractivity contribution in [3.63, 3.8) is 0 Å². The summed E-state index contributed by atoms with van der Waals surface area (Å²) in [4.78, 5) is 2.59. The second-order valence-electron chi connectivity index (χ2n) is 4.55. The van der Waals surface area contributed by atoms with E-state index in [2.05, 4.69) is 31.0 Å². The molecule has 72 valence electrons. The van der Waals surface area contributed by atoms with Crippen LogP contribution in [-0.4, -0.2) is 36.6 Å². The monoisotopic (exact) mass is 170 g/mol. The van der Waals surface area contributed by atoms with E-state index in [1.807, 2.05) is 7.05 Å². The van der Waals surface area contributed by atoms with Crippen molar-refractivity contribution in [2.45, 2.75) is 45.2 Å². The van der Waals surface area contributed by atoms with Gasteiger partial charge in [0.25, 0.3) is 0 Å². The summed E-state index contributed by atoms with van der Waals surface area (Å²) in [5.74, 6) is 0. The third-order valence-electron chi connectivity index (χ3n) is 3.06. The van der Waals surface area contributed by atoms with E-state index < -0.39 is 0 Å². The number of hydrogen-bond acceptors (Lipinski definition) is 2. The molecule has 2 nitrogen and oxygen atoms in total. The topological polar surface area (TPSA) is 15.3 Å². The Morgan fingerprint density at radius 3 is 2.58 bits per heavy atom. The Balaban J connectivity index is 2.41. The lowest BCUT2D eigenvalue weighted by molar-refractivity contribution is 0.162. The lowest BCUT2D eigenvalue weighted by Gasteiger charge is -2.33. The van der Waals surface area contributed by atoms with Crippen LogP contribution in [0.5, 0.6) is 0 Å². The van der Waals surface area contributed by atoms with Gasteiger partial charge in [-0.05, 0) is 47.2 Å². The fourth-order valence-corrected chi connectivity index (χ4v) is 1.92. The van der Waals surface area contributed by atoms with E-state index in [9.17, 15) is 0 Å². The molecule has 0 aromatic carbocycles. The standard InChI is InChI=1S/C10H22N2/c1-9(11-4)8-12-7-5-6-10(12,2)3/h9,11H,5-8H2,1-4H3. The fourth-order valence-electron chi connectivity index (χ4n) is 1.92. The molecule has 1 unspecified atom stereocenters. The van der Waals surface area contributed by atoms with Gasteiger partial charge in [0.1, 0.15) is 0 Å². The Bertz CT molecular complexity index is 143. The molecule has 12 heavy (non-hydrogen) atoms. The average Bonchev–Trinajstić information content (AvgIpc) is 2.31. The van der Waals surface area contributed by atoms with E-state index in [-0.39, 0.29) is 0 Å². The van der Waals surface area contributed by atoms with Crippen molar-refractivity contribution in [1.29, 1.82) is 0 Å².